The van der Waals surface area contributed by atoms with Crippen LogP contribution >= 0.6 is 0 Å². The molecule has 0 bridgehead atoms. The maximum atomic E-state index is 6.49. The molecule has 1 aliphatic carbocycles. The van der Waals surface area contributed by atoms with Crippen molar-refractivity contribution in [1.82, 2.24) is 4.90 Å². The van der Waals surface area contributed by atoms with Gasteiger partial charge in [-0.1, -0.05) is 34.1 Å². The molecule has 5 heteroatoms. The summed E-state index contributed by atoms with van der Waals surface area (Å²) in [4.78, 5) is 2.41. The van der Waals surface area contributed by atoms with Crippen molar-refractivity contribution in [2.45, 2.75) is 97.2 Å². The van der Waals surface area contributed by atoms with Crippen molar-refractivity contribution < 1.29 is 18.9 Å². The van der Waals surface area contributed by atoms with Crippen LogP contribution in [0.5, 0.6) is 0 Å². The van der Waals surface area contributed by atoms with Gasteiger partial charge in [-0.25, -0.2) is 0 Å². The van der Waals surface area contributed by atoms with E-state index in [1.807, 2.05) is 0 Å². The lowest BCUT2D eigenvalue weighted by molar-refractivity contribution is -0.198. The summed E-state index contributed by atoms with van der Waals surface area (Å²) in [6.45, 7) is 13.0. The Morgan fingerprint density at radius 3 is 2.32 bits per heavy atom. The first-order valence-corrected chi connectivity index (χ1v) is 11.5. The van der Waals surface area contributed by atoms with Gasteiger partial charge in [0.15, 0.2) is 12.1 Å². The highest BCUT2D eigenvalue weighted by atomic mass is 16.7. The molecule has 1 atom stereocenters. The standard InChI is InChI=1S/C23H45NO4/c1-7-12-22(3,4)19-9-13-23(14-10-19)27-18-20(28-23)11-16-24(15-8-2)17-21(25-5)26-6/h19-21H,7-18H2,1-6H3. The number of ether oxygens (including phenoxy) is 4. The fourth-order valence-corrected chi connectivity index (χ4v) is 5.10. The number of hydrogen-bond acceptors (Lipinski definition) is 5. The normalized spacial score (nSPS) is 28.7. The lowest BCUT2D eigenvalue weighted by Crippen LogP contribution is -2.40. The molecule has 0 amide bonds. The molecule has 5 nitrogen and oxygen atoms in total. The van der Waals surface area contributed by atoms with E-state index in [2.05, 4.69) is 32.6 Å². The van der Waals surface area contributed by atoms with E-state index in [-0.39, 0.29) is 18.2 Å². The molecular weight excluding hydrogens is 354 g/mol. The van der Waals surface area contributed by atoms with Crippen LogP contribution in [0.1, 0.15) is 79.1 Å². The molecule has 0 radical (unpaired) electrons. The number of hydrogen-bond donors (Lipinski definition) is 0. The van der Waals surface area contributed by atoms with E-state index in [0.29, 0.717) is 5.41 Å². The zero-order valence-corrected chi connectivity index (χ0v) is 19.3. The number of methoxy groups -OCH3 is 2. The fourth-order valence-electron chi connectivity index (χ4n) is 5.10. The third kappa shape index (κ3) is 6.66. The summed E-state index contributed by atoms with van der Waals surface area (Å²) < 4.78 is 23.5. The molecular formula is C23H45NO4. The first-order chi connectivity index (χ1) is 13.4. The Balaban J connectivity index is 1.78. The van der Waals surface area contributed by atoms with Gasteiger partial charge in [-0.3, -0.25) is 4.90 Å². The Kier molecular flexibility index (Phi) is 9.68. The van der Waals surface area contributed by atoms with Crippen molar-refractivity contribution >= 4 is 0 Å². The van der Waals surface area contributed by atoms with E-state index < -0.39 is 0 Å². The summed E-state index contributed by atoms with van der Waals surface area (Å²) in [5.41, 5.74) is 0.439. The first-order valence-electron chi connectivity index (χ1n) is 11.5. The number of nitrogens with zero attached hydrogens (tertiary/aromatic N) is 1. The zero-order valence-electron chi connectivity index (χ0n) is 19.3. The molecule has 1 heterocycles. The largest absolute Gasteiger partial charge is 0.355 e. The van der Waals surface area contributed by atoms with Gasteiger partial charge in [0.05, 0.1) is 12.7 Å². The predicted octanol–water partition coefficient (Wildman–Crippen LogP) is 4.84. The van der Waals surface area contributed by atoms with Gasteiger partial charge in [0, 0.05) is 40.2 Å². The molecule has 1 spiro atoms. The SMILES string of the molecule is CCCN(CCC1COC2(CCC(C(C)(C)CCC)CC2)O1)CC(OC)OC. The molecule has 1 aliphatic heterocycles. The maximum absolute atomic E-state index is 6.49. The molecule has 0 aromatic heterocycles. The van der Waals surface area contributed by atoms with Crippen molar-refractivity contribution in [3.63, 3.8) is 0 Å². The van der Waals surface area contributed by atoms with Gasteiger partial charge in [0.25, 0.3) is 0 Å². The third-order valence-electron chi connectivity index (χ3n) is 6.90. The summed E-state index contributed by atoms with van der Waals surface area (Å²) in [5.74, 6) is 0.491. The minimum absolute atomic E-state index is 0.166. The quantitative estimate of drug-likeness (QED) is 0.439. The molecule has 1 saturated carbocycles. The highest BCUT2D eigenvalue weighted by molar-refractivity contribution is 4.90. The average Bonchev–Trinajstić information content (AvgIpc) is 3.06. The molecule has 0 aromatic rings. The Morgan fingerprint density at radius 2 is 1.75 bits per heavy atom. The van der Waals surface area contributed by atoms with Gasteiger partial charge < -0.3 is 18.9 Å². The van der Waals surface area contributed by atoms with Gasteiger partial charge in [-0.05, 0) is 50.0 Å². The van der Waals surface area contributed by atoms with Gasteiger partial charge in [0.1, 0.15) is 0 Å². The fraction of sp³-hybridized carbons (Fsp3) is 1.00. The topological polar surface area (TPSA) is 40.2 Å². The molecule has 1 unspecified atom stereocenters. The minimum atomic E-state index is -0.305. The number of rotatable bonds is 12. The summed E-state index contributed by atoms with van der Waals surface area (Å²) in [7, 11) is 3.40. The van der Waals surface area contributed by atoms with Crippen LogP contribution in [-0.2, 0) is 18.9 Å². The van der Waals surface area contributed by atoms with Crippen molar-refractivity contribution in [3.8, 4) is 0 Å². The maximum Gasteiger partial charge on any atom is 0.169 e. The van der Waals surface area contributed by atoms with Crippen LogP contribution in [0.25, 0.3) is 0 Å². The second kappa shape index (κ2) is 11.3. The van der Waals surface area contributed by atoms with Gasteiger partial charge in [-0.15, -0.1) is 0 Å². The minimum Gasteiger partial charge on any atom is -0.355 e. The van der Waals surface area contributed by atoms with Crippen LogP contribution in [0.3, 0.4) is 0 Å². The van der Waals surface area contributed by atoms with E-state index in [1.54, 1.807) is 14.2 Å². The van der Waals surface area contributed by atoms with E-state index in [9.17, 15) is 0 Å². The Labute approximate surface area is 173 Å². The highest BCUT2D eigenvalue weighted by Crippen LogP contribution is 2.47. The van der Waals surface area contributed by atoms with E-state index in [1.165, 1.54) is 25.7 Å². The van der Waals surface area contributed by atoms with Crippen molar-refractivity contribution in [3.05, 3.63) is 0 Å². The first kappa shape index (κ1) is 24.1. The molecule has 2 fully saturated rings. The second-order valence-electron chi connectivity index (χ2n) is 9.46. The van der Waals surface area contributed by atoms with Crippen molar-refractivity contribution in [2.24, 2.45) is 11.3 Å². The van der Waals surface area contributed by atoms with Crippen molar-refractivity contribution in [2.75, 3.05) is 40.5 Å². The zero-order chi connectivity index (χ0) is 20.6. The molecule has 2 aliphatic rings. The van der Waals surface area contributed by atoms with Crippen LogP contribution in [0, 0.1) is 11.3 Å². The van der Waals surface area contributed by atoms with Crippen LogP contribution in [0.4, 0.5) is 0 Å². The monoisotopic (exact) mass is 399 g/mol. The molecule has 0 N–H and O–H groups in total. The summed E-state index contributed by atoms with van der Waals surface area (Å²) >= 11 is 0. The molecule has 2 rings (SSSR count). The lowest BCUT2D eigenvalue weighted by Gasteiger charge is -2.42. The van der Waals surface area contributed by atoms with E-state index in [4.69, 9.17) is 18.9 Å². The molecule has 0 aromatic carbocycles. The Hall–Kier alpha value is -0.200. The summed E-state index contributed by atoms with van der Waals surface area (Å²) in [6, 6.07) is 0. The summed E-state index contributed by atoms with van der Waals surface area (Å²) in [5, 5.41) is 0. The van der Waals surface area contributed by atoms with Gasteiger partial charge in [0.2, 0.25) is 0 Å². The van der Waals surface area contributed by atoms with Crippen LogP contribution < -0.4 is 0 Å². The van der Waals surface area contributed by atoms with Gasteiger partial charge in [-0.2, -0.15) is 0 Å². The Morgan fingerprint density at radius 1 is 1.07 bits per heavy atom. The van der Waals surface area contributed by atoms with Crippen molar-refractivity contribution in [1.29, 1.82) is 0 Å². The predicted molar refractivity (Wildman–Crippen MR) is 113 cm³/mol. The Bertz CT molecular complexity index is 430. The van der Waals surface area contributed by atoms with E-state index >= 15 is 0 Å². The van der Waals surface area contributed by atoms with Gasteiger partial charge >= 0.3 is 0 Å². The highest BCUT2D eigenvalue weighted by Gasteiger charge is 2.46. The second-order valence-corrected chi connectivity index (χ2v) is 9.46. The third-order valence-corrected chi connectivity index (χ3v) is 6.90. The average molecular weight is 400 g/mol. The molecule has 28 heavy (non-hydrogen) atoms. The van der Waals surface area contributed by atoms with E-state index in [0.717, 1.165) is 57.8 Å². The lowest BCUT2D eigenvalue weighted by atomic mass is 9.68. The molecule has 1 saturated heterocycles. The van der Waals surface area contributed by atoms with Crippen LogP contribution in [-0.4, -0.2) is 63.5 Å². The summed E-state index contributed by atoms with van der Waals surface area (Å²) in [6.07, 6.45) is 9.31. The molecule has 166 valence electrons. The van der Waals surface area contributed by atoms with Crippen LogP contribution in [0.15, 0.2) is 0 Å². The van der Waals surface area contributed by atoms with Crippen LogP contribution in [0.2, 0.25) is 0 Å². The smallest absolute Gasteiger partial charge is 0.169 e.